The van der Waals surface area contributed by atoms with Gasteiger partial charge < -0.3 is 15.8 Å². The molecule has 2 aromatic rings. The van der Waals surface area contributed by atoms with Gasteiger partial charge in [-0.05, 0) is 63.8 Å². The topological polar surface area (TPSA) is 84.9 Å². The van der Waals surface area contributed by atoms with E-state index in [9.17, 15) is 0 Å². The van der Waals surface area contributed by atoms with Gasteiger partial charge in [-0.15, -0.1) is 11.3 Å². The Hall–Kier alpha value is -2.25. The smallest absolute Gasteiger partial charge is 0.186 e. The highest BCUT2D eigenvalue weighted by atomic mass is 32.1. The summed E-state index contributed by atoms with van der Waals surface area (Å²) in [5.74, 6) is 2.59. The van der Waals surface area contributed by atoms with Crippen molar-refractivity contribution in [3.8, 4) is 17.0 Å². The third-order valence-electron chi connectivity index (χ3n) is 5.17. The van der Waals surface area contributed by atoms with E-state index in [-0.39, 0.29) is 6.04 Å². The van der Waals surface area contributed by atoms with E-state index in [1.807, 2.05) is 13.8 Å². The number of amidine groups is 2. The minimum absolute atomic E-state index is 0.124. The number of nitrogens with zero attached hydrogens (tertiary/aromatic N) is 3. The second-order valence-corrected chi connectivity index (χ2v) is 9.07. The van der Waals surface area contributed by atoms with Gasteiger partial charge in [0.15, 0.2) is 10.8 Å². The molecular weight excluding hydrogens is 382 g/mol. The lowest BCUT2D eigenvalue weighted by atomic mass is 9.90. The molecule has 0 spiro atoms. The van der Waals surface area contributed by atoms with Crippen molar-refractivity contribution in [3.63, 3.8) is 0 Å². The van der Waals surface area contributed by atoms with Gasteiger partial charge in [-0.2, -0.15) is 0 Å². The summed E-state index contributed by atoms with van der Waals surface area (Å²) >= 11 is 1.64. The molecular formula is C22H29N5OS. The molecule has 6 nitrogen and oxygen atoms in total. The van der Waals surface area contributed by atoms with Crippen LogP contribution in [0.5, 0.6) is 5.75 Å². The monoisotopic (exact) mass is 411 g/mol. The van der Waals surface area contributed by atoms with Crippen LogP contribution in [0, 0.1) is 0 Å². The van der Waals surface area contributed by atoms with Crippen LogP contribution in [-0.2, 0) is 6.42 Å². The first-order valence-electron chi connectivity index (χ1n) is 10.4. The molecule has 0 unspecified atom stereocenters. The lowest BCUT2D eigenvalue weighted by Gasteiger charge is -2.23. The van der Waals surface area contributed by atoms with Crippen molar-refractivity contribution in [1.29, 1.82) is 0 Å². The van der Waals surface area contributed by atoms with E-state index in [4.69, 9.17) is 15.5 Å². The number of aromatic nitrogens is 1. The van der Waals surface area contributed by atoms with Crippen molar-refractivity contribution < 1.29 is 4.74 Å². The highest BCUT2D eigenvalue weighted by molar-refractivity contribution is 7.14. The van der Waals surface area contributed by atoms with Crippen LogP contribution in [0.15, 0.2) is 28.2 Å². The van der Waals surface area contributed by atoms with Gasteiger partial charge in [0.1, 0.15) is 5.75 Å². The molecule has 1 saturated heterocycles. The van der Waals surface area contributed by atoms with Gasteiger partial charge in [-0.1, -0.05) is 6.07 Å². The van der Waals surface area contributed by atoms with E-state index in [2.05, 4.69) is 33.5 Å². The van der Waals surface area contributed by atoms with Crippen LogP contribution in [0.25, 0.3) is 11.3 Å². The number of thiazole rings is 1. The van der Waals surface area contributed by atoms with E-state index < -0.39 is 0 Å². The molecule has 0 radical (unpaired) electrons. The summed E-state index contributed by atoms with van der Waals surface area (Å²) in [6.07, 6.45) is 3.28. The maximum Gasteiger partial charge on any atom is 0.186 e. The van der Waals surface area contributed by atoms with Crippen molar-refractivity contribution in [3.05, 3.63) is 33.6 Å². The molecule has 29 heavy (non-hydrogen) atoms. The zero-order valence-electron chi connectivity index (χ0n) is 17.4. The molecule has 1 fully saturated rings. The molecule has 3 N–H and O–H groups in total. The number of fused-ring (bicyclic) bond motifs is 3. The molecule has 154 valence electrons. The van der Waals surface area contributed by atoms with E-state index in [0.717, 1.165) is 41.5 Å². The predicted molar refractivity (Wildman–Crippen MR) is 121 cm³/mol. The Morgan fingerprint density at radius 2 is 2.24 bits per heavy atom. The Balaban J connectivity index is 1.72. The molecule has 0 amide bonds. The van der Waals surface area contributed by atoms with E-state index >= 15 is 0 Å². The van der Waals surface area contributed by atoms with E-state index in [1.165, 1.54) is 23.3 Å². The van der Waals surface area contributed by atoms with Crippen molar-refractivity contribution in [2.45, 2.75) is 52.0 Å². The standard InChI is InChI=1S/C22H29N5OS/c1-13(2)25-21(26-14(3)23)22-27-20-17-7-6-15(16-5-4-9-24-12-16)11-18(17)28-10-8-19(20)29-22/h6-7,11,13,16,24H,4-5,8-10,12H2,1-3H3,(H2,23,25,26)/t16-/m1/s1. The summed E-state index contributed by atoms with van der Waals surface area (Å²) in [6, 6.07) is 6.74. The molecule has 1 aromatic heterocycles. The van der Waals surface area contributed by atoms with Gasteiger partial charge in [0.25, 0.3) is 0 Å². The molecule has 2 aliphatic heterocycles. The average molecular weight is 412 g/mol. The fourth-order valence-corrected chi connectivity index (χ4v) is 4.87. The van der Waals surface area contributed by atoms with Crippen molar-refractivity contribution in [1.82, 2.24) is 10.3 Å². The number of benzene rings is 1. The third kappa shape index (κ3) is 4.51. The first-order chi connectivity index (χ1) is 14.0. The minimum atomic E-state index is 0.124. The number of ether oxygens (including phenoxy) is 1. The summed E-state index contributed by atoms with van der Waals surface area (Å²) in [7, 11) is 0. The van der Waals surface area contributed by atoms with Crippen LogP contribution >= 0.6 is 11.3 Å². The highest BCUT2D eigenvalue weighted by Gasteiger charge is 2.24. The van der Waals surface area contributed by atoms with Crippen LogP contribution < -0.4 is 15.8 Å². The normalized spacial score (nSPS) is 20.1. The van der Waals surface area contributed by atoms with Crippen molar-refractivity contribution in [2.24, 2.45) is 15.7 Å². The average Bonchev–Trinajstić information content (AvgIpc) is 3.04. The van der Waals surface area contributed by atoms with E-state index in [0.29, 0.717) is 24.2 Å². The molecule has 1 atom stereocenters. The molecule has 0 bridgehead atoms. The Morgan fingerprint density at radius 3 is 2.97 bits per heavy atom. The SMILES string of the molecule is CC(N)=NC(=NC(C)C)c1nc2c(s1)CCOc1cc([C@@H]3CCCNC3)ccc1-2. The number of hydrogen-bond donors (Lipinski definition) is 2. The Labute approximate surface area is 176 Å². The lowest BCUT2D eigenvalue weighted by Crippen LogP contribution is -2.28. The second kappa shape index (κ2) is 8.63. The summed E-state index contributed by atoms with van der Waals surface area (Å²) < 4.78 is 6.12. The molecule has 3 heterocycles. The lowest BCUT2D eigenvalue weighted by molar-refractivity contribution is 0.326. The van der Waals surface area contributed by atoms with Gasteiger partial charge in [0.05, 0.1) is 18.1 Å². The van der Waals surface area contributed by atoms with Crippen molar-refractivity contribution in [2.75, 3.05) is 19.7 Å². The largest absolute Gasteiger partial charge is 0.492 e. The Bertz CT molecular complexity index is 937. The van der Waals surface area contributed by atoms with Gasteiger partial charge in [-0.3, -0.25) is 4.99 Å². The molecule has 4 rings (SSSR count). The highest BCUT2D eigenvalue weighted by Crippen LogP contribution is 2.40. The molecule has 0 saturated carbocycles. The molecule has 2 aliphatic rings. The van der Waals surface area contributed by atoms with Gasteiger partial charge in [0.2, 0.25) is 0 Å². The maximum atomic E-state index is 6.12. The van der Waals surface area contributed by atoms with Crippen LogP contribution in [0.4, 0.5) is 0 Å². The molecule has 1 aromatic carbocycles. The fraction of sp³-hybridized carbons (Fsp3) is 0.500. The first-order valence-corrected chi connectivity index (χ1v) is 11.2. The zero-order chi connectivity index (χ0) is 20.4. The zero-order valence-corrected chi connectivity index (χ0v) is 18.2. The van der Waals surface area contributed by atoms with Gasteiger partial charge in [-0.25, -0.2) is 9.98 Å². The summed E-state index contributed by atoms with van der Waals surface area (Å²) in [6.45, 7) is 8.66. The van der Waals surface area contributed by atoms with Crippen molar-refractivity contribution >= 4 is 23.0 Å². The first kappa shape index (κ1) is 20.0. The number of nitrogens with two attached hydrogens (primary N) is 1. The number of rotatable bonds is 3. The quantitative estimate of drug-likeness (QED) is 0.595. The number of nitrogens with one attached hydrogen (secondary N) is 1. The summed E-state index contributed by atoms with van der Waals surface area (Å²) in [5.41, 5.74) is 9.24. The fourth-order valence-electron chi connectivity index (χ4n) is 3.87. The minimum Gasteiger partial charge on any atom is -0.492 e. The third-order valence-corrected chi connectivity index (χ3v) is 6.28. The summed E-state index contributed by atoms with van der Waals surface area (Å²) in [5, 5.41) is 4.32. The Kier molecular flexibility index (Phi) is 5.96. The summed E-state index contributed by atoms with van der Waals surface area (Å²) in [4.78, 5) is 15.2. The van der Waals surface area contributed by atoms with Crippen LogP contribution in [0.2, 0.25) is 0 Å². The van der Waals surface area contributed by atoms with Crippen LogP contribution in [-0.4, -0.2) is 42.4 Å². The van der Waals surface area contributed by atoms with Crippen LogP contribution in [0.1, 0.15) is 55.0 Å². The Morgan fingerprint density at radius 1 is 1.38 bits per heavy atom. The number of piperidine rings is 1. The second-order valence-electron chi connectivity index (χ2n) is 7.99. The van der Waals surface area contributed by atoms with E-state index in [1.54, 1.807) is 18.3 Å². The molecule has 7 heteroatoms. The maximum absolute atomic E-state index is 6.12. The molecule has 0 aliphatic carbocycles. The number of hydrogen-bond acceptors (Lipinski definition) is 5. The van der Waals surface area contributed by atoms with Crippen LogP contribution in [0.3, 0.4) is 0 Å². The van der Waals surface area contributed by atoms with Gasteiger partial charge >= 0.3 is 0 Å². The predicted octanol–water partition coefficient (Wildman–Crippen LogP) is 3.74. The number of aliphatic imine (C=N–C) groups is 2. The van der Waals surface area contributed by atoms with Gasteiger partial charge in [0, 0.05) is 29.4 Å².